The van der Waals surface area contributed by atoms with Gasteiger partial charge in [0.1, 0.15) is 5.75 Å². The molecule has 1 atom stereocenters. The lowest BCUT2D eigenvalue weighted by Crippen LogP contribution is -2.40. The third-order valence-electron chi connectivity index (χ3n) is 7.16. The van der Waals surface area contributed by atoms with Gasteiger partial charge in [0, 0.05) is 55.5 Å². The highest BCUT2D eigenvalue weighted by atomic mass is 16.5. The maximum absolute atomic E-state index is 14.0. The smallest absolute Gasteiger partial charge is 0.254 e. The second-order valence-electron chi connectivity index (χ2n) is 9.68. The van der Waals surface area contributed by atoms with E-state index >= 15 is 0 Å². The van der Waals surface area contributed by atoms with Crippen molar-refractivity contribution < 1.29 is 9.53 Å². The number of carbonyl (C=O) groups excluding carboxylic acids is 1. The zero-order chi connectivity index (χ0) is 27.0. The van der Waals surface area contributed by atoms with Gasteiger partial charge in [-0.15, -0.1) is 0 Å². The topological polar surface area (TPSA) is 82.4 Å². The SMILES string of the molecule is [C-]#[N+]c1cnc([C@H](C)N2CCc3c(cc(Cn4cncc4C)cc3-c3cn(C)nc3C)C2=O)cc1OCC. The summed E-state index contributed by atoms with van der Waals surface area (Å²) in [6.45, 7) is 16.9. The van der Waals surface area contributed by atoms with Crippen LogP contribution in [0.4, 0.5) is 5.69 Å². The molecule has 9 heteroatoms. The molecule has 0 aliphatic carbocycles. The van der Waals surface area contributed by atoms with Crippen molar-refractivity contribution in [2.24, 2.45) is 7.05 Å². The molecule has 3 aromatic heterocycles. The van der Waals surface area contributed by atoms with Crippen LogP contribution in [0.25, 0.3) is 16.0 Å². The number of nitrogens with zero attached hydrogens (tertiary/aromatic N) is 7. The first-order valence-corrected chi connectivity index (χ1v) is 12.7. The maximum Gasteiger partial charge on any atom is 0.254 e. The lowest BCUT2D eigenvalue weighted by Gasteiger charge is -2.34. The molecule has 1 aromatic carbocycles. The van der Waals surface area contributed by atoms with Gasteiger partial charge in [-0.05, 0) is 69.0 Å². The molecule has 0 spiro atoms. The number of pyridine rings is 1. The van der Waals surface area contributed by atoms with Gasteiger partial charge in [-0.3, -0.25) is 14.5 Å². The predicted octanol–water partition coefficient (Wildman–Crippen LogP) is 5.05. The van der Waals surface area contributed by atoms with Gasteiger partial charge in [0.2, 0.25) is 5.69 Å². The molecule has 0 fully saturated rings. The van der Waals surface area contributed by atoms with E-state index in [0.29, 0.717) is 42.4 Å². The fourth-order valence-electron chi connectivity index (χ4n) is 5.18. The second-order valence-corrected chi connectivity index (χ2v) is 9.68. The summed E-state index contributed by atoms with van der Waals surface area (Å²) in [4.78, 5) is 28.2. The Kier molecular flexibility index (Phi) is 6.72. The van der Waals surface area contributed by atoms with Gasteiger partial charge < -0.3 is 14.2 Å². The summed E-state index contributed by atoms with van der Waals surface area (Å²) in [6.07, 6.45) is 7.92. The molecule has 0 bridgehead atoms. The number of carbonyl (C=O) groups is 1. The van der Waals surface area contributed by atoms with Crippen molar-refractivity contribution in [2.75, 3.05) is 13.2 Å². The molecule has 1 aliphatic rings. The van der Waals surface area contributed by atoms with E-state index in [1.807, 2.05) is 69.1 Å². The van der Waals surface area contributed by atoms with Crippen molar-refractivity contribution in [2.45, 2.75) is 46.7 Å². The molecule has 5 rings (SSSR count). The molecule has 194 valence electrons. The van der Waals surface area contributed by atoms with Gasteiger partial charge in [0.25, 0.3) is 5.91 Å². The van der Waals surface area contributed by atoms with Crippen LogP contribution in [-0.4, -0.2) is 48.3 Å². The van der Waals surface area contributed by atoms with Crippen LogP contribution in [0.1, 0.15) is 58.5 Å². The van der Waals surface area contributed by atoms with Crippen LogP contribution < -0.4 is 4.74 Å². The van der Waals surface area contributed by atoms with Crippen molar-refractivity contribution in [3.8, 4) is 16.9 Å². The number of rotatable bonds is 7. The predicted molar refractivity (Wildman–Crippen MR) is 144 cm³/mol. The number of hydrogen-bond acceptors (Lipinski definition) is 5. The fourth-order valence-corrected chi connectivity index (χ4v) is 5.18. The highest BCUT2D eigenvalue weighted by Crippen LogP contribution is 2.37. The minimum Gasteiger partial charge on any atom is -0.505 e. The first-order valence-electron chi connectivity index (χ1n) is 12.7. The number of imidazole rings is 1. The molecule has 4 aromatic rings. The molecular weight excluding hydrogens is 478 g/mol. The zero-order valence-corrected chi connectivity index (χ0v) is 22.4. The number of amides is 1. The minimum atomic E-state index is -0.280. The normalized spacial score (nSPS) is 13.8. The molecular formula is C29H31N7O2. The third kappa shape index (κ3) is 4.54. The number of aromatic nitrogens is 5. The summed E-state index contributed by atoms with van der Waals surface area (Å²) in [6, 6.07) is 5.71. The Morgan fingerprint density at radius 3 is 2.61 bits per heavy atom. The van der Waals surface area contributed by atoms with Gasteiger partial charge in [-0.1, -0.05) is 0 Å². The van der Waals surface area contributed by atoms with E-state index in [-0.39, 0.29) is 11.9 Å². The number of aryl methyl sites for hydroxylation is 3. The third-order valence-corrected chi connectivity index (χ3v) is 7.16. The van der Waals surface area contributed by atoms with E-state index in [4.69, 9.17) is 11.3 Å². The molecule has 1 aliphatic heterocycles. The maximum atomic E-state index is 14.0. The largest absolute Gasteiger partial charge is 0.505 e. The van der Waals surface area contributed by atoms with Gasteiger partial charge in [-0.25, -0.2) is 9.83 Å². The van der Waals surface area contributed by atoms with Crippen LogP contribution in [-0.2, 0) is 20.0 Å². The summed E-state index contributed by atoms with van der Waals surface area (Å²) >= 11 is 0. The quantitative estimate of drug-likeness (QED) is 0.326. The van der Waals surface area contributed by atoms with Crippen LogP contribution in [0.5, 0.6) is 5.75 Å². The molecule has 0 saturated heterocycles. The number of hydrogen-bond donors (Lipinski definition) is 0. The van der Waals surface area contributed by atoms with Crippen LogP contribution >= 0.6 is 0 Å². The highest BCUT2D eigenvalue weighted by Gasteiger charge is 2.32. The molecule has 0 radical (unpaired) electrons. The molecule has 0 unspecified atom stereocenters. The van der Waals surface area contributed by atoms with Gasteiger partial charge in [0.05, 0.1) is 36.9 Å². The lowest BCUT2D eigenvalue weighted by atomic mass is 9.87. The number of benzene rings is 1. The zero-order valence-electron chi connectivity index (χ0n) is 22.4. The van der Waals surface area contributed by atoms with Gasteiger partial charge in [-0.2, -0.15) is 5.10 Å². The average molecular weight is 510 g/mol. The monoisotopic (exact) mass is 509 g/mol. The van der Waals surface area contributed by atoms with Crippen LogP contribution in [0.3, 0.4) is 0 Å². The van der Waals surface area contributed by atoms with Gasteiger partial charge in [0.15, 0.2) is 0 Å². The minimum absolute atomic E-state index is 0.0280. The van der Waals surface area contributed by atoms with E-state index in [9.17, 15) is 4.79 Å². The molecule has 9 nitrogen and oxygen atoms in total. The highest BCUT2D eigenvalue weighted by molar-refractivity contribution is 5.99. The van der Waals surface area contributed by atoms with E-state index in [0.717, 1.165) is 40.1 Å². The molecule has 38 heavy (non-hydrogen) atoms. The Morgan fingerprint density at radius 2 is 1.95 bits per heavy atom. The summed E-state index contributed by atoms with van der Waals surface area (Å²) in [5.41, 5.74) is 7.94. The van der Waals surface area contributed by atoms with E-state index in [1.54, 1.807) is 6.07 Å². The number of ether oxygens (including phenoxy) is 1. The van der Waals surface area contributed by atoms with Crippen molar-refractivity contribution in [1.82, 2.24) is 29.2 Å². The first-order chi connectivity index (χ1) is 18.3. The van der Waals surface area contributed by atoms with E-state index in [2.05, 4.69) is 30.5 Å². The van der Waals surface area contributed by atoms with Crippen molar-refractivity contribution in [1.29, 1.82) is 0 Å². The summed E-state index contributed by atoms with van der Waals surface area (Å²) in [7, 11) is 1.92. The Hall–Kier alpha value is -4.45. The van der Waals surface area contributed by atoms with Crippen molar-refractivity contribution >= 4 is 11.6 Å². The molecule has 0 saturated carbocycles. The number of fused-ring (bicyclic) bond motifs is 1. The Balaban J connectivity index is 1.56. The molecule has 0 N–H and O–H groups in total. The lowest BCUT2D eigenvalue weighted by molar-refractivity contribution is 0.0669. The first kappa shape index (κ1) is 25.2. The second kappa shape index (κ2) is 10.1. The van der Waals surface area contributed by atoms with Crippen LogP contribution in [0, 0.1) is 20.4 Å². The Bertz CT molecular complexity index is 1560. The van der Waals surface area contributed by atoms with E-state index < -0.39 is 0 Å². The summed E-state index contributed by atoms with van der Waals surface area (Å²) in [5, 5.41) is 4.56. The Labute approximate surface area is 222 Å². The van der Waals surface area contributed by atoms with Crippen molar-refractivity contribution in [3.63, 3.8) is 0 Å². The summed E-state index contributed by atoms with van der Waals surface area (Å²) in [5.74, 6) is 0.469. The van der Waals surface area contributed by atoms with Gasteiger partial charge >= 0.3 is 0 Å². The standard InChI is InChI=1S/C29H31N7O2/c1-7-38-28-12-26(32-14-27(28)30-5)20(4)36-9-8-22-23(25-16-34(6)33-19(25)3)10-21(11-24(22)29(36)37)15-35-17-31-13-18(35)2/h10-14,16-17,20H,7-9,15H2,1-4,6H3/t20-/m0/s1. The van der Waals surface area contributed by atoms with Crippen molar-refractivity contribution in [3.05, 3.63) is 88.3 Å². The fraction of sp³-hybridized carbons (Fsp3) is 0.345. The van der Waals surface area contributed by atoms with E-state index in [1.165, 1.54) is 6.20 Å². The molecule has 4 heterocycles. The van der Waals surface area contributed by atoms with Crippen LogP contribution in [0.2, 0.25) is 0 Å². The summed E-state index contributed by atoms with van der Waals surface area (Å²) < 4.78 is 9.56. The Morgan fingerprint density at radius 1 is 1.16 bits per heavy atom. The average Bonchev–Trinajstić information content (AvgIpc) is 3.47. The molecule has 1 amide bonds. The van der Waals surface area contributed by atoms with Crippen LogP contribution in [0.15, 0.2) is 43.1 Å².